The molecule has 1 aliphatic heterocycles. The SMILES string of the molecule is O=C(O)c1cc(C(=O)O)cc(S(=O)(=O)N2CCOCC2)c1. The van der Waals surface area contributed by atoms with Gasteiger partial charge in [0.05, 0.1) is 29.2 Å². The molecule has 0 radical (unpaired) electrons. The van der Waals surface area contributed by atoms with Crippen LogP contribution in [0.2, 0.25) is 0 Å². The summed E-state index contributed by atoms with van der Waals surface area (Å²) in [7, 11) is -3.95. The van der Waals surface area contributed by atoms with Crippen LogP contribution < -0.4 is 0 Å². The summed E-state index contributed by atoms with van der Waals surface area (Å²) in [6, 6.07) is 2.84. The highest BCUT2D eigenvalue weighted by atomic mass is 32.2. The molecule has 0 atom stereocenters. The maximum absolute atomic E-state index is 12.4. The van der Waals surface area contributed by atoms with E-state index in [1.807, 2.05) is 0 Å². The van der Waals surface area contributed by atoms with E-state index in [2.05, 4.69) is 0 Å². The lowest BCUT2D eigenvalue weighted by molar-refractivity contribution is 0.0696. The first kappa shape index (κ1) is 15.4. The van der Waals surface area contributed by atoms with Gasteiger partial charge < -0.3 is 14.9 Å². The van der Waals surface area contributed by atoms with E-state index in [1.165, 1.54) is 0 Å². The van der Waals surface area contributed by atoms with Crippen molar-refractivity contribution >= 4 is 22.0 Å². The van der Waals surface area contributed by atoms with Crippen LogP contribution in [0, 0.1) is 0 Å². The van der Waals surface area contributed by atoms with Gasteiger partial charge in [0.2, 0.25) is 10.0 Å². The van der Waals surface area contributed by atoms with Crippen LogP contribution >= 0.6 is 0 Å². The molecule has 1 fully saturated rings. The fraction of sp³-hybridized carbons (Fsp3) is 0.333. The second kappa shape index (κ2) is 5.80. The number of nitrogens with zero attached hydrogens (tertiary/aromatic N) is 1. The van der Waals surface area contributed by atoms with E-state index in [-0.39, 0.29) is 42.3 Å². The molecule has 2 rings (SSSR count). The van der Waals surface area contributed by atoms with Gasteiger partial charge in [-0.1, -0.05) is 0 Å². The highest BCUT2D eigenvalue weighted by molar-refractivity contribution is 7.89. The number of aromatic carboxylic acids is 2. The van der Waals surface area contributed by atoms with Crippen molar-refractivity contribution in [1.82, 2.24) is 4.31 Å². The van der Waals surface area contributed by atoms with Crippen LogP contribution in [0.3, 0.4) is 0 Å². The summed E-state index contributed by atoms with van der Waals surface area (Å²) in [6.07, 6.45) is 0. The van der Waals surface area contributed by atoms with E-state index in [0.717, 1.165) is 22.5 Å². The molecule has 0 bridgehead atoms. The Morgan fingerprint density at radius 1 is 1.00 bits per heavy atom. The lowest BCUT2D eigenvalue weighted by atomic mass is 10.1. The van der Waals surface area contributed by atoms with E-state index in [1.54, 1.807) is 0 Å². The number of sulfonamides is 1. The van der Waals surface area contributed by atoms with E-state index >= 15 is 0 Å². The molecule has 0 spiro atoms. The van der Waals surface area contributed by atoms with E-state index in [0.29, 0.717) is 0 Å². The molecule has 1 aliphatic rings. The number of benzene rings is 1. The number of morpholine rings is 1. The summed E-state index contributed by atoms with van der Waals surface area (Å²) in [5, 5.41) is 17.9. The molecule has 1 aromatic rings. The van der Waals surface area contributed by atoms with Gasteiger partial charge in [0.15, 0.2) is 0 Å². The first-order valence-electron chi connectivity index (χ1n) is 6.02. The van der Waals surface area contributed by atoms with Gasteiger partial charge in [-0.2, -0.15) is 4.31 Å². The third-order valence-electron chi connectivity index (χ3n) is 3.01. The molecule has 0 aliphatic carbocycles. The third kappa shape index (κ3) is 3.20. The van der Waals surface area contributed by atoms with Crippen molar-refractivity contribution in [3.63, 3.8) is 0 Å². The second-order valence-electron chi connectivity index (χ2n) is 4.37. The van der Waals surface area contributed by atoms with Gasteiger partial charge in [-0.15, -0.1) is 0 Å². The number of carboxylic acids is 2. The summed E-state index contributed by atoms with van der Waals surface area (Å²) >= 11 is 0. The van der Waals surface area contributed by atoms with Crippen LogP contribution in [0.4, 0.5) is 0 Å². The smallest absolute Gasteiger partial charge is 0.335 e. The summed E-state index contributed by atoms with van der Waals surface area (Å²) in [6.45, 7) is 0.761. The van der Waals surface area contributed by atoms with Crippen molar-refractivity contribution < 1.29 is 33.0 Å². The normalized spacial score (nSPS) is 16.6. The minimum absolute atomic E-state index is 0.141. The van der Waals surface area contributed by atoms with Crippen LogP contribution in [0.5, 0.6) is 0 Å². The zero-order chi connectivity index (χ0) is 15.6. The molecular weight excluding hydrogens is 302 g/mol. The number of rotatable bonds is 4. The molecule has 1 heterocycles. The number of carbonyl (C=O) groups is 2. The first-order chi connectivity index (χ1) is 9.82. The van der Waals surface area contributed by atoms with Crippen molar-refractivity contribution in [3.05, 3.63) is 29.3 Å². The largest absolute Gasteiger partial charge is 0.478 e. The molecule has 9 heteroatoms. The highest BCUT2D eigenvalue weighted by Gasteiger charge is 2.28. The van der Waals surface area contributed by atoms with Crippen LogP contribution in [0.25, 0.3) is 0 Å². The van der Waals surface area contributed by atoms with Gasteiger partial charge in [0, 0.05) is 13.1 Å². The topological polar surface area (TPSA) is 121 Å². The van der Waals surface area contributed by atoms with Crippen molar-refractivity contribution in [1.29, 1.82) is 0 Å². The summed E-state index contributed by atoms with van der Waals surface area (Å²) < 4.78 is 31.0. The lowest BCUT2D eigenvalue weighted by Gasteiger charge is -2.26. The Labute approximate surface area is 120 Å². The predicted octanol–water partition coefficient (Wildman–Crippen LogP) is 0.104. The van der Waals surface area contributed by atoms with Gasteiger partial charge in [-0.3, -0.25) is 0 Å². The van der Waals surface area contributed by atoms with Gasteiger partial charge in [-0.05, 0) is 18.2 Å². The Balaban J connectivity index is 2.51. The molecule has 114 valence electrons. The Bertz CT molecular complexity index is 645. The zero-order valence-electron chi connectivity index (χ0n) is 10.9. The van der Waals surface area contributed by atoms with Gasteiger partial charge in [0.25, 0.3) is 0 Å². The van der Waals surface area contributed by atoms with Gasteiger partial charge in [-0.25, -0.2) is 18.0 Å². The molecule has 0 saturated carbocycles. The quantitative estimate of drug-likeness (QED) is 0.808. The number of hydrogen-bond donors (Lipinski definition) is 2. The lowest BCUT2D eigenvalue weighted by Crippen LogP contribution is -2.40. The zero-order valence-corrected chi connectivity index (χ0v) is 11.7. The van der Waals surface area contributed by atoms with Crippen molar-refractivity contribution in [3.8, 4) is 0 Å². The fourth-order valence-corrected chi connectivity index (χ4v) is 3.41. The third-order valence-corrected chi connectivity index (χ3v) is 4.88. The first-order valence-corrected chi connectivity index (χ1v) is 7.46. The maximum Gasteiger partial charge on any atom is 0.335 e. The van der Waals surface area contributed by atoms with Crippen LogP contribution in [-0.4, -0.2) is 61.2 Å². The maximum atomic E-state index is 12.4. The van der Waals surface area contributed by atoms with E-state index < -0.39 is 22.0 Å². The average Bonchev–Trinajstić information content (AvgIpc) is 2.47. The van der Waals surface area contributed by atoms with Crippen LogP contribution in [0.15, 0.2) is 23.1 Å². The molecule has 21 heavy (non-hydrogen) atoms. The Morgan fingerprint density at radius 3 is 1.90 bits per heavy atom. The summed E-state index contributed by atoms with van der Waals surface area (Å²) in [5.74, 6) is -2.78. The van der Waals surface area contributed by atoms with Crippen molar-refractivity contribution in [2.45, 2.75) is 4.90 Å². The highest BCUT2D eigenvalue weighted by Crippen LogP contribution is 2.20. The molecule has 8 nitrogen and oxygen atoms in total. The van der Waals surface area contributed by atoms with Gasteiger partial charge >= 0.3 is 11.9 Å². The van der Waals surface area contributed by atoms with Gasteiger partial charge in [0.1, 0.15) is 0 Å². The second-order valence-corrected chi connectivity index (χ2v) is 6.31. The van der Waals surface area contributed by atoms with E-state index in [9.17, 15) is 18.0 Å². The standard InChI is InChI=1S/C12H13NO7S/c14-11(15)8-5-9(12(16)17)7-10(6-8)21(18,19)13-1-3-20-4-2-13/h5-7H,1-4H2,(H,14,15)(H,16,17). The Kier molecular flexibility index (Phi) is 4.26. The van der Waals surface area contributed by atoms with Crippen LogP contribution in [0.1, 0.15) is 20.7 Å². The predicted molar refractivity (Wildman–Crippen MR) is 69.9 cm³/mol. The molecular formula is C12H13NO7S. The summed E-state index contributed by atoms with van der Waals surface area (Å²) in [5.41, 5.74) is -0.775. The summed E-state index contributed by atoms with van der Waals surface area (Å²) in [4.78, 5) is 21.7. The number of carboxylic acid groups (broad SMARTS) is 2. The monoisotopic (exact) mass is 315 g/mol. The molecule has 0 amide bonds. The van der Waals surface area contributed by atoms with Crippen molar-refractivity contribution in [2.24, 2.45) is 0 Å². The minimum Gasteiger partial charge on any atom is -0.478 e. The number of ether oxygens (including phenoxy) is 1. The fourth-order valence-electron chi connectivity index (χ4n) is 1.93. The van der Waals surface area contributed by atoms with E-state index in [4.69, 9.17) is 14.9 Å². The average molecular weight is 315 g/mol. The minimum atomic E-state index is -3.95. The van der Waals surface area contributed by atoms with Crippen LogP contribution in [-0.2, 0) is 14.8 Å². The Hall–Kier alpha value is -1.97. The van der Waals surface area contributed by atoms with Crippen molar-refractivity contribution in [2.75, 3.05) is 26.3 Å². The Morgan fingerprint density at radius 2 is 1.48 bits per heavy atom. The number of hydrogen-bond acceptors (Lipinski definition) is 5. The molecule has 2 N–H and O–H groups in total. The molecule has 0 unspecified atom stereocenters. The molecule has 0 aromatic heterocycles. The molecule has 1 saturated heterocycles. The molecule has 1 aromatic carbocycles.